The van der Waals surface area contributed by atoms with E-state index in [9.17, 15) is 24.9 Å². The highest BCUT2D eigenvalue weighted by molar-refractivity contribution is 5.97. The zero-order chi connectivity index (χ0) is 22.8. The minimum absolute atomic E-state index is 0.176. The van der Waals surface area contributed by atoms with E-state index in [-0.39, 0.29) is 18.5 Å². The van der Waals surface area contributed by atoms with Crippen molar-refractivity contribution in [2.45, 2.75) is 55.3 Å². The lowest BCUT2D eigenvalue weighted by molar-refractivity contribution is -0.232. The smallest absolute Gasteiger partial charge is 0.328 e. The van der Waals surface area contributed by atoms with Gasteiger partial charge in [-0.25, -0.2) is 4.79 Å². The van der Waals surface area contributed by atoms with Crippen LogP contribution in [-0.4, -0.2) is 80.1 Å². The second-order valence-corrected chi connectivity index (χ2v) is 8.71. The molecule has 0 radical (unpaired) electrons. The first kappa shape index (κ1) is 20.5. The predicted molar refractivity (Wildman–Crippen MR) is 111 cm³/mol. The maximum absolute atomic E-state index is 13.2. The third-order valence-corrected chi connectivity index (χ3v) is 7.01. The second-order valence-electron chi connectivity index (χ2n) is 8.71. The number of guanidine groups is 2. The van der Waals surface area contributed by atoms with Crippen LogP contribution in [0.3, 0.4) is 0 Å². The van der Waals surface area contributed by atoms with Gasteiger partial charge in [-0.2, -0.15) is 0 Å². The van der Waals surface area contributed by atoms with E-state index < -0.39 is 41.5 Å². The van der Waals surface area contributed by atoms with E-state index in [4.69, 9.17) is 10.8 Å². The number of aliphatic carboxylic acids is 1. The molecule has 5 rings (SSSR count). The Morgan fingerprint density at radius 2 is 1.91 bits per heavy atom. The quantitative estimate of drug-likeness (QED) is 0.234. The van der Waals surface area contributed by atoms with Crippen molar-refractivity contribution in [2.24, 2.45) is 0 Å². The number of hydrogen-bond donors (Lipinski definition) is 9. The third kappa shape index (κ3) is 2.62. The predicted octanol–water partition coefficient (Wildman–Crippen LogP) is -2.16. The number of aryl methyl sites for hydroxylation is 1. The largest absolute Gasteiger partial charge is 0.480 e. The van der Waals surface area contributed by atoms with Gasteiger partial charge in [-0.1, -0.05) is 12.1 Å². The zero-order valence-corrected chi connectivity index (χ0v) is 17.1. The van der Waals surface area contributed by atoms with E-state index in [0.29, 0.717) is 5.56 Å². The Balaban J connectivity index is 1.49. The van der Waals surface area contributed by atoms with Crippen LogP contribution in [-0.2, 0) is 17.6 Å². The number of nitrogens with zero attached hydrogens (tertiary/aromatic N) is 1. The fourth-order valence-electron chi connectivity index (χ4n) is 5.52. The molecular weight excluding hydrogens is 418 g/mol. The third-order valence-electron chi connectivity index (χ3n) is 7.01. The molecule has 1 aliphatic carbocycles. The molecule has 3 fully saturated rings. The lowest BCUT2D eigenvalue weighted by Gasteiger charge is -2.50. The summed E-state index contributed by atoms with van der Waals surface area (Å²) >= 11 is 0. The molecule has 0 aromatic heterocycles. The van der Waals surface area contributed by atoms with Gasteiger partial charge >= 0.3 is 5.97 Å². The Bertz CT molecular complexity index is 1040. The lowest BCUT2D eigenvalue weighted by atomic mass is 9.84. The fourth-order valence-corrected chi connectivity index (χ4v) is 5.52. The molecule has 170 valence electrons. The van der Waals surface area contributed by atoms with Crippen LogP contribution in [0, 0.1) is 10.8 Å². The van der Waals surface area contributed by atoms with Crippen LogP contribution >= 0.6 is 0 Å². The second kappa shape index (κ2) is 6.81. The molecule has 3 heterocycles. The zero-order valence-electron chi connectivity index (χ0n) is 17.1. The standard InChI is InChI=1S/C20H25N7O5/c21-17-25-14-13(16(29)30)24-18(22)27-8-12(20(31,32)19(14,27)26-17)23-15(28)11-7-3-5-9-4-1-2-6-10(9)11/h3,5,7,12-14,31-32H,1-2,4,6,8H2,(H2,22,24)(H,23,28)(H,29,30)(H3,21,25,26)/t12?,13-,14?,19?/m1/s1. The van der Waals surface area contributed by atoms with Crippen LogP contribution in [0.25, 0.3) is 0 Å². The molecule has 1 amide bonds. The molecule has 12 nitrogen and oxygen atoms in total. The van der Waals surface area contributed by atoms with Gasteiger partial charge in [0.15, 0.2) is 23.6 Å². The average Bonchev–Trinajstić information content (AvgIpc) is 3.22. The van der Waals surface area contributed by atoms with Gasteiger partial charge in [0.05, 0.1) is 0 Å². The summed E-state index contributed by atoms with van der Waals surface area (Å²) in [4.78, 5) is 26.2. The van der Waals surface area contributed by atoms with Crippen LogP contribution in [0.1, 0.15) is 34.3 Å². The normalized spacial score (nSPS) is 32.1. The molecular formula is C20H25N7O5. The maximum Gasteiger partial charge on any atom is 0.328 e. The Morgan fingerprint density at radius 3 is 2.66 bits per heavy atom. The number of aliphatic hydroxyl groups is 2. The number of carboxylic acid groups (broad SMARTS) is 1. The van der Waals surface area contributed by atoms with Crippen LogP contribution in [0.4, 0.5) is 0 Å². The van der Waals surface area contributed by atoms with Gasteiger partial charge in [-0.15, -0.1) is 0 Å². The number of carboxylic acids is 1. The first-order valence-electron chi connectivity index (χ1n) is 10.5. The van der Waals surface area contributed by atoms with E-state index in [1.165, 1.54) is 4.90 Å². The number of benzene rings is 1. The van der Waals surface area contributed by atoms with E-state index >= 15 is 0 Å². The molecule has 3 unspecified atom stereocenters. The summed E-state index contributed by atoms with van der Waals surface area (Å²) in [7, 11) is 0. The highest BCUT2D eigenvalue weighted by atomic mass is 16.5. The van der Waals surface area contributed by atoms with Gasteiger partial charge in [0, 0.05) is 12.1 Å². The molecule has 1 spiro atoms. The molecule has 32 heavy (non-hydrogen) atoms. The highest BCUT2D eigenvalue weighted by Crippen LogP contribution is 2.43. The van der Waals surface area contributed by atoms with Crippen molar-refractivity contribution >= 4 is 23.8 Å². The minimum atomic E-state index is -2.69. The molecule has 1 aromatic rings. The number of fused-ring (bicyclic) bond motifs is 1. The molecule has 0 saturated carbocycles. The fraction of sp³-hybridized carbons (Fsp3) is 0.500. The van der Waals surface area contributed by atoms with E-state index in [1.54, 1.807) is 12.1 Å². The number of amides is 1. The summed E-state index contributed by atoms with van der Waals surface area (Å²) in [5, 5.41) is 58.8. The lowest BCUT2D eigenvalue weighted by Crippen LogP contribution is -2.81. The Labute approximate surface area is 183 Å². The summed E-state index contributed by atoms with van der Waals surface area (Å²) in [5.41, 5.74) is 0.603. The molecule has 4 atom stereocenters. The SMILES string of the molecule is N=C1NC2[C@H](C(=O)O)NC(=N)N3CC(NC(=O)c4cccc5c4CCCC5)C(O)(O)C23N1. The highest BCUT2D eigenvalue weighted by Gasteiger charge is 2.75. The van der Waals surface area contributed by atoms with Crippen LogP contribution in [0.5, 0.6) is 0 Å². The Hall–Kier alpha value is -3.38. The van der Waals surface area contributed by atoms with Crippen molar-refractivity contribution in [1.82, 2.24) is 26.2 Å². The summed E-state index contributed by atoms with van der Waals surface area (Å²) in [6, 6.07) is 1.65. The van der Waals surface area contributed by atoms with Gasteiger partial charge in [0.2, 0.25) is 5.79 Å². The molecule has 1 aromatic carbocycles. The first-order valence-corrected chi connectivity index (χ1v) is 10.5. The van der Waals surface area contributed by atoms with Crippen molar-refractivity contribution in [3.8, 4) is 0 Å². The van der Waals surface area contributed by atoms with E-state index in [2.05, 4.69) is 21.3 Å². The summed E-state index contributed by atoms with van der Waals surface area (Å²) in [6.07, 6.45) is 3.68. The number of hydrogen-bond acceptors (Lipinski definition) is 6. The van der Waals surface area contributed by atoms with E-state index in [0.717, 1.165) is 36.8 Å². The topological polar surface area (TPSA) is 194 Å². The molecule has 3 saturated heterocycles. The summed E-state index contributed by atoms with van der Waals surface area (Å²) < 4.78 is 0. The van der Waals surface area contributed by atoms with Gasteiger partial charge in [-0.05, 0) is 42.9 Å². The average molecular weight is 443 g/mol. The van der Waals surface area contributed by atoms with Gasteiger partial charge in [-0.3, -0.25) is 15.6 Å². The monoisotopic (exact) mass is 443 g/mol. The van der Waals surface area contributed by atoms with Crippen LogP contribution in [0.2, 0.25) is 0 Å². The van der Waals surface area contributed by atoms with Crippen molar-refractivity contribution in [3.05, 3.63) is 34.9 Å². The molecule has 0 bridgehead atoms. The Morgan fingerprint density at radius 1 is 1.16 bits per heavy atom. The van der Waals surface area contributed by atoms with Crippen molar-refractivity contribution in [2.75, 3.05) is 6.54 Å². The molecule has 12 heteroatoms. The maximum atomic E-state index is 13.2. The molecule has 4 aliphatic rings. The van der Waals surface area contributed by atoms with Crippen LogP contribution < -0.4 is 21.3 Å². The summed E-state index contributed by atoms with van der Waals surface area (Å²) in [5.74, 6) is -5.13. The molecule has 9 N–H and O–H groups in total. The minimum Gasteiger partial charge on any atom is -0.480 e. The van der Waals surface area contributed by atoms with Gasteiger partial charge in [0.1, 0.15) is 12.1 Å². The van der Waals surface area contributed by atoms with Crippen molar-refractivity contribution in [3.63, 3.8) is 0 Å². The van der Waals surface area contributed by atoms with Gasteiger partial charge < -0.3 is 41.5 Å². The van der Waals surface area contributed by atoms with Crippen molar-refractivity contribution in [1.29, 1.82) is 10.8 Å². The number of nitrogens with one attached hydrogen (secondary N) is 6. The van der Waals surface area contributed by atoms with E-state index in [1.807, 2.05) is 6.07 Å². The molecule has 3 aliphatic heterocycles. The first-order chi connectivity index (χ1) is 15.2. The summed E-state index contributed by atoms with van der Waals surface area (Å²) in [6.45, 7) is -0.176. The number of carbonyl (C=O) groups excluding carboxylic acids is 1. The number of carbonyl (C=O) groups is 2. The van der Waals surface area contributed by atoms with Crippen LogP contribution in [0.15, 0.2) is 18.2 Å². The van der Waals surface area contributed by atoms with Gasteiger partial charge in [0.25, 0.3) is 5.91 Å². The van der Waals surface area contributed by atoms with Crippen molar-refractivity contribution < 1.29 is 24.9 Å². The number of rotatable bonds is 3. The Kier molecular flexibility index (Phi) is 4.37.